The fraction of sp³-hybridized carbons (Fsp3) is 0.381. The van der Waals surface area contributed by atoms with E-state index in [9.17, 15) is 9.18 Å². The van der Waals surface area contributed by atoms with Crippen molar-refractivity contribution in [3.8, 4) is 16.9 Å². The molecule has 138 valence electrons. The number of hydrogen-bond acceptors (Lipinski definition) is 2. The average molecular weight is 357 g/mol. The summed E-state index contributed by atoms with van der Waals surface area (Å²) < 4.78 is 19.7. The predicted octanol–water partition coefficient (Wildman–Crippen LogP) is 5.17. The van der Waals surface area contributed by atoms with Crippen LogP contribution in [0.2, 0.25) is 0 Å². The van der Waals surface area contributed by atoms with Crippen LogP contribution >= 0.6 is 0 Å². The molecular weight excluding hydrogens is 333 g/mol. The van der Waals surface area contributed by atoms with Gasteiger partial charge >= 0.3 is 6.09 Å². The van der Waals surface area contributed by atoms with Crippen molar-refractivity contribution < 1.29 is 19.0 Å². The van der Waals surface area contributed by atoms with Crippen molar-refractivity contribution in [2.24, 2.45) is 5.41 Å². The number of fused-ring (bicyclic) bond motifs is 1. The Kier molecular flexibility index (Phi) is 4.90. The molecule has 2 N–H and O–H groups in total. The molecule has 0 spiro atoms. The van der Waals surface area contributed by atoms with Crippen LogP contribution in [0.4, 0.5) is 9.18 Å². The Morgan fingerprint density at radius 3 is 2.62 bits per heavy atom. The highest BCUT2D eigenvalue weighted by atomic mass is 19.1. The number of carboxylic acid groups (broad SMARTS) is 1. The third kappa shape index (κ3) is 3.52. The lowest BCUT2D eigenvalue weighted by molar-refractivity contribution is 0.175. The van der Waals surface area contributed by atoms with E-state index in [0.717, 1.165) is 35.1 Å². The number of amides is 1. The molecule has 2 aromatic carbocycles. The molecule has 1 aliphatic carbocycles. The maximum absolute atomic E-state index is 14.3. The van der Waals surface area contributed by atoms with E-state index < -0.39 is 6.09 Å². The Morgan fingerprint density at radius 1 is 1.27 bits per heavy atom. The first kappa shape index (κ1) is 18.2. The van der Waals surface area contributed by atoms with Crippen molar-refractivity contribution in [2.45, 2.75) is 39.7 Å². The Labute approximate surface area is 153 Å². The summed E-state index contributed by atoms with van der Waals surface area (Å²) in [6.07, 6.45) is 0.569. The topological polar surface area (TPSA) is 58.6 Å². The van der Waals surface area contributed by atoms with Crippen molar-refractivity contribution in [2.75, 3.05) is 6.61 Å². The molecule has 0 fully saturated rings. The predicted molar refractivity (Wildman–Crippen MR) is 99.0 cm³/mol. The summed E-state index contributed by atoms with van der Waals surface area (Å²) in [6, 6.07) is 10.6. The average Bonchev–Trinajstić information content (AvgIpc) is 2.82. The number of rotatable bonds is 5. The van der Waals surface area contributed by atoms with Gasteiger partial charge in [0.15, 0.2) is 11.6 Å². The molecule has 0 saturated heterocycles. The largest absolute Gasteiger partial charge is 0.491 e. The molecule has 0 aliphatic heterocycles. The van der Waals surface area contributed by atoms with E-state index >= 15 is 0 Å². The van der Waals surface area contributed by atoms with Crippen molar-refractivity contribution in [1.82, 2.24) is 5.32 Å². The van der Waals surface area contributed by atoms with Gasteiger partial charge in [-0.15, -0.1) is 0 Å². The van der Waals surface area contributed by atoms with Gasteiger partial charge in [-0.2, -0.15) is 0 Å². The third-order valence-electron chi connectivity index (χ3n) is 4.88. The fourth-order valence-corrected chi connectivity index (χ4v) is 3.64. The first-order valence-electron chi connectivity index (χ1n) is 8.87. The molecule has 0 saturated carbocycles. The van der Waals surface area contributed by atoms with Crippen molar-refractivity contribution in [3.05, 3.63) is 53.3 Å². The van der Waals surface area contributed by atoms with E-state index in [0.29, 0.717) is 6.61 Å². The van der Waals surface area contributed by atoms with Crippen LogP contribution in [0.5, 0.6) is 5.75 Å². The lowest BCUT2D eigenvalue weighted by Crippen LogP contribution is -2.34. The van der Waals surface area contributed by atoms with E-state index in [2.05, 4.69) is 5.32 Å². The summed E-state index contributed by atoms with van der Waals surface area (Å²) >= 11 is 0. The minimum atomic E-state index is -1.02. The number of nitrogens with one attached hydrogen (secondary N) is 1. The van der Waals surface area contributed by atoms with E-state index in [4.69, 9.17) is 9.84 Å². The Hall–Kier alpha value is -2.56. The molecule has 1 aliphatic rings. The van der Waals surface area contributed by atoms with Gasteiger partial charge in [0, 0.05) is 0 Å². The minimum Gasteiger partial charge on any atom is -0.491 e. The summed E-state index contributed by atoms with van der Waals surface area (Å²) in [5, 5.41) is 11.7. The SMILES string of the molecule is CCCOc1ccc(-c2ccc3c(c2)CC(C)(C)[C@H]3NC(=O)O)cc1F. The highest BCUT2D eigenvalue weighted by molar-refractivity contribution is 5.69. The molecule has 0 bridgehead atoms. The lowest BCUT2D eigenvalue weighted by atomic mass is 9.85. The molecular formula is C21H24FNO3. The van der Waals surface area contributed by atoms with Crippen LogP contribution in [0.1, 0.15) is 44.4 Å². The zero-order valence-electron chi connectivity index (χ0n) is 15.3. The van der Waals surface area contributed by atoms with Gasteiger partial charge in [0.1, 0.15) is 0 Å². The first-order valence-corrected chi connectivity index (χ1v) is 8.87. The summed E-state index contributed by atoms with van der Waals surface area (Å²) in [6.45, 7) is 6.56. The van der Waals surface area contributed by atoms with Crippen LogP contribution in [0.15, 0.2) is 36.4 Å². The van der Waals surface area contributed by atoms with E-state index in [1.54, 1.807) is 6.07 Å². The molecule has 4 nitrogen and oxygen atoms in total. The Morgan fingerprint density at radius 2 is 1.96 bits per heavy atom. The summed E-state index contributed by atoms with van der Waals surface area (Å²) in [4.78, 5) is 11.1. The summed E-state index contributed by atoms with van der Waals surface area (Å²) in [7, 11) is 0. The second-order valence-electron chi connectivity index (χ2n) is 7.46. The smallest absolute Gasteiger partial charge is 0.405 e. The Balaban J connectivity index is 1.91. The highest BCUT2D eigenvalue weighted by Gasteiger charge is 2.39. The maximum atomic E-state index is 14.3. The molecule has 3 rings (SSSR count). The van der Waals surface area contributed by atoms with Crippen LogP contribution in [0.25, 0.3) is 11.1 Å². The molecule has 0 unspecified atom stereocenters. The van der Waals surface area contributed by atoms with E-state index in [-0.39, 0.29) is 23.0 Å². The number of hydrogen-bond donors (Lipinski definition) is 2. The first-order chi connectivity index (χ1) is 12.3. The van der Waals surface area contributed by atoms with E-state index in [1.165, 1.54) is 6.07 Å². The molecule has 0 aromatic heterocycles. The monoisotopic (exact) mass is 357 g/mol. The number of halogens is 1. The minimum absolute atomic E-state index is 0.206. The second kappa shape index (κ2) is 6.98. The maximum Gasteiger partial charge on any atom is 0.405 e. The quantitative estimate of drug-likeness (QED) is 0.776. The van der Waals surface area contributed by atoms with Crippen LogP contribution in [-0.2, 0) is 6.42 Å². The van der Waals surface area contributed by atoms with Gasteiger partial charge in [0.25, 0.3) is 0 Å². The Bertz CT molecular complexity index is 832. The molecule has 2 aromatic rings. The molecule has 26 heavy (non-hydrogen) atoms. The molecule has 5 heteroatoms. The third-order valence-corrected chi connectivity index (χ3v) is 4.88. The standard InChI is InChI=1S/C21H24FNO3/c1-4-9-26-18-8-6-14(11-17(18)22)13-5-7-16-15(10-13)12-21(2,3)19(16)23-20(24)25/h5-8,10-11,19,23H,4,9,12H2,1-3H3,(H,24,25)/t19-/m0/s1. The van der Waals surface area contributed by atoms with Gasteiger partial charge in [0.05, 0.1) is 12.6 Å². The van der Waals surface area contributed by atoms with Crippen LogP contribution < -0.4 is 10.1 Å². The molecule has 1 atom stereocenters. The second-order valence-corrected chi connectivity index (χ2v) is 7.46. The number of carbonyl (C=O) groups is 1. The summed E-state index contributed by atoms with van der Waals surface area (Å²) in [5.74, 6) is -0.106. The van der Waals surface area contributed by atoms with Gasteiger partial charge in [0.2, 0.25) is 0 Å². The fourth-order valence-electron chi connectivity index (χ4n) is 3.64. The van der Waals surface area contributed by atoms with Crippen LogP contribution in [0.3, 0.4) is 0 Å². The zero-order valence-corrected chi connectivity index (χ0v) is 15.3. The van der Waals surface area contributed by atoms with Crippen molar-refractivity contribution in [3.63, 3.8) is 0 Å². The van der Waals surface area contributed by atoms with Crippen LogP contribution in [-0.4, -0.2) is 17.8 Å². The van der Waals surface area contributed by atoms with Gasteiger partial charge in [-0.25, -0.2) is 9.18 Å². The van der Waals surface area contributed by atoms with Gasteiger partial charge in [-0.05, 0) is 52.6 Å². The highest BCUT2D eigenvalue weighted by Crippen LogP contribution is 2.46. The molecule has 1 amide bonds. The lowest BCUT2D eigenvalue weighted by Gasteiger charge is -2.27. The van der Waals surface area contributed by atoms with E-state index in [1.807, 2.05) is 45.0 Å². The van der Waals surface area contributed by atoms with Crippen molar-refractivity contribution >= 4 is 6.09 Å². The zero-order chi connectivity index (χ0) is 18.9. The van der Waals surface area contributed by atoms with Crippen LogP contribution in [0, 0.1) is 11.2 Å². The molecule has 0 radical (unpaired) electrons. The normalized spacial score (nSPS) is 17.6. The van der Waals surface area contributed by atoms with Gasteiger partial charge in [-0.3, -0.25) is 0 Å². The van der Waals surface area contributed by atoms with Crippen molar-refractivity contribution in [1.29, 1.82) is 0 Å². The number of benzene rings is 2. The van der Waals surface area contributed by atoms with Gasteiger partial charge in [-0.1, -0.05) is 45.0 Å². The summed E-state index contributed by atoms with van der Waals surface area (Å²) in [5.41, 5.74) is 3.57. The number of ether oxygens (including phenoxy) is 1. The molecule has 0 heterocycles. The van der Waals surface area contributed by atoms with Gasteiger partial charge < -0.3 is 15.2 Å².